The van der Waals surface area contributed by atoms with Gasteiger partial charge in [-0.2, -0.15) is 0 Å². The molecule has 0 bridgehead atoms. The van der Waals surface area contributed by atoms with Crippen LogP contribution in [0.25, 0.3) is 0 Å². The number of benzene rings is 2. The van der Waals surface area contributed by atoms with Crippen molar-refractivity contribution in [1.29, 1.82) is 0 Å². The summed E-state index contributed by atoms with van der Waals surface area (Å²) in [6.45, 7) is 0.498. The molecular formula is C20H21N3O4S2. The first-order valence-electron chi connectivity index (χ1n) is 8.79. The monoisotopic (exact) mass is 431 g/mol. The van der Waals surface area contributed by atoms with Crippen LogP contribution in [-0.4, -0.2) is 39.2 Å². The maximum absolute atomic E-state index is 12.3. The second kappa shape index (κ2) is 9.06. The first-order chi connectivity index (χ1) is 13.8. The third-order valence-corrected chi connectivity index (χ3v) is 6.02. The van der Waals surface area contributed by atoms with Crippen LogP contribution in [-0.2, 0) is 16.3 Å². The number of ether oxygens (including phenoxy) is 1. The highest BCUT2D eigenvalue weighted by Gasteiger charge is 2.11. The second-order valence-corrected chi connectivity index (χ2v) is 9.19. The van der Waals surface area contributed by atoms with Crippen molar-refractivity contribution in [3.8, 4) is 5.75 Å². The van der Waals surface area contributed by atoms with Gasteiger partial charge in [0.25, 0.3) is 5.91 Å². The smallest absolute Gasteiger partial charge is 0.270 e. The van der Waals surface area contributed by atoms with Crippen LogP contribution in [0.15, 0.2) is 58.8 Å². The third kappa shape index (κ3) is 5.78. The number of sulfone groups is 1. The predicted octanol–water partition coefficient (Wildman–Crippen LogP) is 3.27. The number of methoxy groups -OCH3 is 1. The van der Waals surface area contributed by atoms with E-state index in [0.29, 0.717) is 29.5 Å². The number of carbonyl (C=O) groups is 1. The number of nitrogens with one attached hydrogen (secondary N) is 2. The lowest BCUT2D eigenvalue weighted by atomic mass is 10.1. The minimum Gasteiger partial charge on any atom is -0.497 e. The summed E-state index contributed by atoms with van der Waals surface area (Å²) in [7, 11) is -1.61. The number of anilines is 2. The molecule has 1 amide bonds. The molecule has 2 aromatic carbocycles. The van der Waals surface area contributed by atoms with E-state index < -0.39 is 9.84 Å². The zero-order valence-corrected chi connectivity index (χ0v) is 17.6. The Balaban J connectivity index is 1.52. The highest BCUT2D eigenvalue weighted by molar-refractivity contribution is 7.90. The van der Waals surface area contributed by atoms with Gasteiger partial charge in [0.15, 0.2) is 15.0 Å². The molecule has 0 aliphatic heterocycles. The molecule has 0 aliphatic rings. The zero-order valence-electron chi connectivity index (χ0n) is 16.0. The molecule has 3 aromatic rings. The van der Waals surface area contributed by atoms with E-state index >= 15 is 0 Å². The van der Waals surface area contributed by atoms with E-state index in [1.165, 1.54) is 23.5 Å². The molecule has 0 saturated carbocycles. The van der Waals surface area contributed by atoms with Gasteiger partial charge in [-0.3, -0.25) is 4.79 Å². The van der Waals surface area contributed by atoms with Crippen LogP contribution in [0.3, 0.4) is 0 Å². The molecule has 152 valence electrons. The summed E-state index contributed by atoms with van der Waals surface area (Å²) in [4.78, 5) is 16.8. The van der Waals surface area contributed by atoms with Crippen molar-refractivity contribution in [2.24, 2.45) is 0 Å². The fourth-order valence-electron chi connectivity index (χ4n) is 2.55. The highest BCUT2D eigenvalue weighted by Crippen LogP contribution is 2.22. The second-order valence-electron chi connectivity index (χ2n) is 6.31. The molecule has 29 heavy (non-hydrogen) atoms. The Bertz CT molecular complexity index is 1080. The number of rotatable bonds is 8. The SMILES string of the molecule is COc1ccc(CCNC(=O)c2csc(Nc3ccc(S(C)(=O)=O)cc3)n2)cc1. The van der Waals surface area contributed by atoms with Crippen LogP contribution in [0.5, 0.6) is 5.75 Å². The minimum atomic E-state index is -3.23. The normalized spacial score (nSPS) is 11.1. The van der Waals surface area contributed by atoms with Crippen molar-refractivity contribution >= 4 is 37.9 Å². The van der Waals surface area contributed by atoms with Crippen LogP contribution in [0, 0.1) is 0 Å². The van der Waals surface area contributed by atoms with Crippen LogP contribution in [0.2, 0.25) is 0 Å². The average molecular weight is 432 g/mol. The highest BCUT2D eigenvalue weighted by atomic mass is 32.2. The summed E-state index contributed by atoms with van der Waals surface area (Å²) >= 11 is 1.30. The van der Waals surface area contributed by atoms with Crippen LogP contribution in [0.4, 0.5) is 10.8 Å². The standard InChI is InChI=1S/C20H21N3O4S2/c1-27-16-7-3-14(4-8-16)11-12-21-19(24)18-13-28-20(23-18)22-15-5-9-17(10-6-15)29(2,25)26/h3-10,13H,11-12H2,1-2H3,(H,21,24)(H,22,23). The fraction of sp³-hybridized carbons (Fsp3) is 0.200. The Labute approximate surface area is 173 Å². The lowest BCUT2D eigenvalue weighted by molar-refractivity contribution is 0.0950. The number of amides is 1. The van der Waals surface area contributed by atoms with E-state index in [0.717, 1.165) is 17.6 Å². The summed E-state index contributed by atoms with van der Waals surface area (Å²) in [6.07, 6.45) is 1.87. The molecule has 0 atom stereocenters. The lowest BCUT2D eigenvalue weighted by Gasteiger charge is -2.05. The number of nitrogens with zero attached hydrogens (tertiary/aromatic N) is 1. The largest absolute Gasteiger partial charge is 0.497 e. The van der Waals surface area contributed by atoms with Gasteiger partial charge in [0.05, 0.1) is 12.0 Å². The first-order valence-corrected chi connectivity index (χ1v) is 11.6. The number of carbonyl (C=O) groups excluding carboxylic acids is 1. The van der Waals surface area contributed by atoms with Gasteiger partial charge in [0.1, 0.15) is 11.4 Å². The van der Waals surface area contributed by atoms with E-state index in [1.54, 1.807) is 24.6 Å². The number of hydrogen-bond acceptors (Lipinski definition) is 7. The molecule has 1 aromatic heterocycles. The van der Waals surface area contributed by atoms with Gasteiger partial charge in [0.2, 0.25) is 0 Å². The van der Waals surface area contributed by atoms with Gasteiger partial charge < -0.3 is 15.4 Å². The first kappa shape index (κ1) is 20.8. The number of thiazole rings is 1. The summed E-state index contributed by atoms with van der Waals surface area (Å²) in [5.74, 6) is 0.557. The fourth-order valence-corrected chi connectivity index (χ4v) is 3.89. The summed E-state index contributed by atoms with van der Waals surface area (Å²) in [6, 6.07) is 14.1. The molecule has 0 fully saturated rings. The lowest BCUT2D eigenvalue weighted by Crippen LogP contribution is -2.25. The molecular weight excluding hydrogens is 410 g/mol. The van der Waals surface area contributed by atoms with Crippen molar-refractivity contribution < 1.29 is 17.9 Å². The molecule has 3 rings (SSSR count). The molecule has 2 N–H and O–H groups in total. The summed E-state index contributed by atoms with van der Waals surface area (Å²) in [5, 5.41) is 8.16. The molecule has 0 unspecified atom stereocenters. The maximum atomic E-state index is 12.3. The van der Waals surface area contributed by atoms with E-state index in [-0.39, 0.29) is 10.8 Å². The Kier molecular flexibility index (Phi) is 6.50. The predicted molar refractivity (Wildman–Crippen MR) is 114 cm³/mol. The van der Waals surface area contributed by atoms with Gasteiger partial charge >= 0.3 is 0 Å². The van der Waals surface area contributed by atoms with E-state index in [1.807, 2.05) is 24.3 Å². The van der Waals surface area contributed by atoms with Crippen molar-refractivity contribution in [2.45, 2.75) is 11.3 Å². The van der Waals surface area contributed by atoms with Gasteiger partial charge in [-0.15, -0.1) is 11.3 Å². The molecule has 0 spiro atoms. The third-order valence-electron chi connectivity index (χ3n) is 4.13. The van der Waals surface area contributed by atoms with Crippen molar-refractivity contribution in [3.05, 3.63) is 65.2 Å². The van der Waals surface area contributed by atoms with Gasteiger partial charge in [-0.1, -0.05) is 12.1 Å². The minimum absolute atomic E-state index is 0.241. The van der Waals surface area contributed by atoms with Gasteiger partial charge in [-0.25, -0.2) is 13.4 Å². The maximum Gasteiger partial charge on any atom is 0.270 e. The van der Waals surface area contributed by atoms with Crippen LogP contribution >= 0.6 is 11.3 Å². The van der Waals surface area contributed by atoms with E-state index in [2.05, 4.69) is 15.6 Å². The Morgan fingerprint density at radius 3 is 2.41 bits per heavy atom. The Morgan fingerprint density at radius 2 is 1.79 bits per heavy atom. The van der Waals surface area contributed by atoms with Crippen molar-refractivity contribution in [1.82, 2.24) is 10.3 Å². The molecule has 0 radical (unpaired) electrons. The number of hydrogen-bond donors (Lipinski definition) is 2. The molecule has 1 heterocycles. The molecule has 7 nitrogen and oxygen atoms in total. The summed E-state index contributed by atoms with van der Waals surface area (Å²) in [5.41, 5.74) is 2.13. The van der Waals surface area contributed by atoms with Gasteiger partial charge in [-0.05, 0) is 48.4 Å². The quantitative estimate of drug-likeness (QED) is 0.568. The molecule has 9 heteroatoms. The van der Waals surface area contributed by atoms with Crippen molar-refractivity contribution in [2.75, 3.05) is 25.2 Å². The van der Waals surface area contributed by atoms with Crippen LogP contribution in [0.1, 0.15) is 16.1 Å². The molecule has 0 aliphatic carbocycles. The Hall–Kier alpha value is -2.91. The summed E-state index contributed by atoms with van der Waals surface area (Å²) < 4.78 is 28.1. The molecule has 0 saturated heterocycles. The Morgan fingerprint density at radius 1 is 1.10 bits per heavy atom. The number of aromatic nitrogens is 1. The van der Waals surface area contributed by atoms with Gasteiger partial charge in [0, 0.05) is 23.9 Å². The van der Waals surface area contributed by atoms with E-state index in [9.17, 15) is 13.2 Å². The van der Waals surface area contributed by atoms with E-state index in [4.69, 9.17) is 4.74 Å². The van der Waals surface area contributed by atoms with Crippen molar-refractivity contribution in [3.63, 3.8) is 0 Å². The average Bonchev–Trinajstić information content (AvgIpc) is 3.17. The zero-order chi connectivity index (χ0) is 20.9. The van der Waals surface area contributed by atoms with Crippen LogP contribution < -0.4 is 15.4 Å². The topological polar surface area (TPSA) is 97.4 Å².